The predicted octanol–water partition coefficient (Wildman–Crippen LogP) is 3.49. The lowest BCUT2D eigenvalue weighted by molar-refractivity contribution is -0.262. The molecule has 3 aromatic rings. The Morgan fingerprint density at radius 2 is 1.59 bits per heavy atom. The number of ether oxygens (including phenoxy) is 1. The van der Waals surface area contributed by atoms with Crippen molar-refractivity contribution in [3.63, 3.8) is 0 Å². The number of aliphatic hydroxyl groups is 1. The first-order valence-corrected chi connectivity index (χ1v) is 8.28. The maximum absolute atomic E-state index is 13.4. The van der Waals surface area contributed by atoms with Crippen molar-refractivity contribution in [2.45, 2.75) is 32.0 Å². The molecule has 1 atom stereocenters. The van der Waals surface area contributed by atoms with E-state index in [2.05, 4.69) is 14.7 Å². The van der Waals surface area contributed by atoms with E-state index in [9.17, 15) is 23.1 Å². The Kier molecular flexibility index (Phi) is 4.77. The second-order valence-corrected chi connectivity index (χ2v) is 6.22. The minimum atomic E-state index is -5.20. The summed E-state index contributed by atoms with van der Waals surface area (Å²) in [4.78, 5) is 20.5. The van der Waals surface area contributed by atoms with E-state index in [0.717, 1.165) is 11.1 Å². The molecule has 142 valence electrons. The smallest absolute Gasteiger partial charge is 0.428 e. The van der Waals surface area contributed by atoms with Crippen LogP contribution in [0.3, 0.4) is 0 Å². The molecule has 8 heteroatoms. The Hall–Kier alpha value is -2.74. The molecule has 0 bridgehead atoms. The van der Waals surface area contributed by atoms with Gasteiger partial charge in [0.05, 0.1) is 17.6 Å². The number of nitrogens with zero attached hydrogens (tertiary/aromatic N) is 2. The molecule has 0 saturated heterocycles. The van der Waals surface area contributed by atoms with Gasteiger partial charge < -0.3 is 9.84 Å². The topological polar surface area (TPSA) is 72.3 Å². The Labute approximate surface area is 152 Å². The number of alkyl halides is 3. The number of aryl methyl sites for hydroxylation is 1. The third-order valence-corrected chi connectivity index (χ3v) is 4.24. The van der Waals surface area contributed by atoms with Crippen LogP contribution in [0.5, 0.6) is 0 Å². The number of carbonyl (C=O) groups excluding carboxylic acids is 1. The van der Waals surface area contributed by atoms with Crippen molar-refractivity contribution in [3.8, 4) is 0 Å². The van der Waals surface area contributed by atoms with Crippen LogP contribution >= 0.6 is 0 Å². The van der Waals surface area contributed by atoms with Gasteiger partial charge in [-0.3, -0.25) is 9.97 Å². The standard InChI is InChI=1S/C19H17F3N2O3/c1-3-27-17(25)18(26,19(20,21)22)10-14-9-8-13-7-6-12-5-4-11(2)23-15(12)16(13)24-14/h4-9,26H,3,10H2,1-2H3. The fourth-order valence-corrected chi connectivity index (χ4v) is 2.80. The maximum atomic E-state index is 13.4. The average Bonchev–Trinajstić information content (AvgIpc) is 2.60. The minimum Gasteiger partial charge on any atom is -0.464 e. The summed E-state index contributed by atoms with van der Waals surface area (Å²) in [6.45, 7) is 2.88. The zero-order valence-electron chi connectivity index (χ0n) is 14.7. The lowest BCUT2D eigenvalue weighted by atomic mass is 9.96. The first-order chi connectivity index (χ1) is 12.7. The fourth-order valence-electron chi connectivity index (χ4n) is 2.80. The van der Waals surface area contributed by atoms with Gasteiger partial charge in [0.15, 0.2) is 0 Å². The number of aromatic nitrogens is 2. The van der Waals surface area contributed by atoms with Crippen molar-refractivity contribution in [2.75, 3.05) is 6.61 Å². The van der Waals surface area contributed by atoms with Gasteiger partial charge in [-0.15, -0.1) is 0 Å². The molecule has 1 N–H and O–H groups in total. The van der Waals surface area contributed by atoms with Crippen molar-refractivity contribution in [3.05, 3.63) is 47.8 Å². The molecule has 0 radical (unpaired) electrons. The summed E-state index contributed by atoms with van der Waals surface area (Å²) in [6.07, 6.45) is -6.25. The zero-order chi connectivity index (χ0) is 19.8. The molecule has 5 nitrogen and oxygen atoms in total. The van der Waals surface area contributed by atoms with Crippen LogP contribution in [0.25, 0.3) is 21.8 Å². The number of pyridine rings is 2. The zero-order valence-corrected chi connectivity index (χ0v) is 14.7. The molecule has 27 heavy (non-hydrogen) atoms. The normalized spacial score (nSPS) is 14.3. The van der Waals surface area contributed by atoms with Crippen molar-refractivity contribution in [2.24, 2.45) is 0 Å². The number of esters is 1. The largest absolute Gasteiger partial charge is 0.464 e. The van der Waals surface area contributed by atoms with Crippen molar-refractivity contribution in [1.29, 1.82) is 0 Å². The van der Waals surface area contributed by atoms with E-state index >= 15 is 0 Å². The van der Waals surface area contributed by atoms with E-state index in [1.807, 2.05) is 18.2 Å². The second-order valence-electron chi connectivity index (χ2n) is 6.22. The number of carbonyl (C=O) groups is 1. The van der Waals surface area contributed by atoms with E-state index in [1.165, 1.54) is 13.0 Å². The van der Waals surface area contributed by atoms with Crippen molar-refractivity contribution < 1.29 is 27.8 Å². The van der Waals surface area contributed by atoms with Gasteiger partial charge in [0.1, 0.15) is 0 Å². The number of hydrogen-bond acceptors (Lipinski definition) is 5. The van der Waals surface area contributed by atoms with Gasteiger partial charge in [-0.05, 0) is 26.0 Å². The molecule has 0 aliphatic carbocycles. The van der Waals surface area contributed by atoms with Gasteiger partial charge in [0, 0.05) is 28.6 Å². The van der Waals surface area contributed by atoms with Crippen LogP contribution in [0, 0.1) is 6.92 Å². The number of benzene rings is 1. The molecule has 2 heterocycles. The summed E-state index contributed by atoms with van der Waals surface area (Å²) in [7, 11) is 0. The number of hydrogen-bond donors (Lipinski definition) is 1. The quantitative estimate of drug-likeness (QED) is 0.556. The summed E-state index contributed by atoms with van der Waals surface area (Å²) in [5.41, 5.74) is -2.08. The molecule has 0 saturated carbocycles. The molecule has 1 aromatic carbocycles. The van der Waals surface area contributed by atoms with Gasteiger partial charge in [-0.1, -0.05) is 24.3 Å². The molecule has 3 rings (SSSR count). The van der Waals surface area contributed by atoms with Crippen LogP contribution in [-0.4, -0.2) is 39.4 Å². The second kappa shape index (κ2) is 6.77. The molecular formula is C19H17F3N2O3. The number of fused-ring (bicyclic) bond motifs is 3. The third kappa shape index (κ3) is 3.44. The lowest BCUT2D eigenvalue weighted by Gasteiger charge is -2.27. The van der Waals surface area contributed by atoms with Crippen molar-refractivity contribution >= 4 is 27.8 Å². The Bertz CT molecular complexity index is 1020. The SMILES string of the molecule is CCOC(=O)C(O)(Cc1ccc2ccc3ccc(C)nc3c2n1)C(F)(F)F. The first kappa shape index (κ1) is 19.0. The maximum Gasteiger partial charge on any atom is 0.428 e. The molecule has 0 aliphatic heterocycles. The fraction of sp³-hybridized carbons (Fsp3) is 0.316. The van der Waals surface area contributed by atoms with Gasteiger partial charge >= 0.3 is 12.1 Å². The summed E-state index contributed by atoms with van der Waals surface area (Å²) >= 11 is 0. The molecular weight excluding hydrogens is 361 g/mol. The average molecular weight is 378 g/mol. The third-order valence-electron chi connectivity index (χ3n) is 4.24. The Morgan fingerprint density at radius 3 is 2.19 bits per heavy atom. The highest BCUT2D eigenvalue weighted by molar-refractivity contribution is 6.02. The molecule has 0 fully saturated rings. The predicted molar refractivity (Wildman–Crippen MR) is 93.1 cm³/mol. The molecule has 0 amide bonds. The van der Waals surface area contributed by atoms with E-state index in [1.54, 1.807) is 19.1 Å². The molecule has 0 spiro atoms. The monoisotopic (exact) mass is 378 g/mol. The van der Waals surface area contributed by atoms with Crippen LogP contribution in [0.1, 0.15) is 18.3 Å². The minimum absolute atomic E-state index is 0.0915. The van der Waals surface area contributed by atoms with Crippen LogP contribution < -0.4 is 0 Å². The van der Waals surface area contributed by atoms with Crippen LogP contribution in [0.15, 0.2) is 36.4 Å². The van der Waals surface area contributed by atoms with E-state index in [-0.39, 0.29) is 12.3 Å². The van der Waals surface area contributed by atoms with Gasteiger partial charge in [-0.25, -0.2) is 4.79 Å². The van der Waals surface area contributed by atoms with Gasteiger partial charge in [0.25, 0.3) is 5.60 Å². The lowest BCUT2D eigenvalue weighted by Crippen LogP contribution is -2.54. The van der Waals surface area contributed by atoms with E-state index < -0.39 is 24.2 Å². The summed E-state index contributed by atoms with van der Waals surface area (Å²) in [5.74, 6) is -1.74. The number of rotatable bonds is 4. The van der Waals surface area contributed by atoms with E-state index in [0.29, 0.717) is 16.4 Å². The Morgan fingerprint density at radius 1 is 1.04 bits per heavy atom. The summed E-state index contributed by atoms with van der Waals surface area (Å²) < 4.78 is 44.6. The van der Waals surface area contributed by atoms with E-state index in [4.69, 9.17) is 0 Å². The molecule has 1 unspecified atom stereocenters. The first-order valence-electron chi connectivity index (χ1n) is 8.28. The number of halogens is 3. The highest BCUT2D eigenvalue weighted by Gasteiger charge is 2.61. The summed E-state index contributed by atoms with van der Waals surface area (Å²) in [6, 6.07) is 10.2. The van der Waals surface area contributed by atoms with Gasteiger partial charge in [-0.2, -0.15) is 13.2 Å². The molecule has 0 aliphatic rings. The Balaban J connectivity index is 2.12. The van der Waals surface area contributed by atoms with Crippen LogP contribution in [-0.2, 0) is 16.0 Å². The van der Waals surface area contributed by atoms with Crippen molar-refractivity contribution in [1.82, 2.24) is 9.97 Å². The van der Waals surface area contributed by atoms with Crippen LogP contribution in [0.4, 0.5) is 13.2 Å². The summed E-state index contributed by atoms with van der Waals surface area (Å²) in [5, 5.41) is 11.6. The highest BCUT2D eigenvalue weighted by Crippen LogP contribution is 2.35. The highest BCUT2D eigenvalue weighted by atomic mass is 19.4. The van der Waals surface area contributed by atoms with Crippen LogP contribution in [0.2, 0.25) is 0 Å². The molecule has 2 aromatic heterocycles. The van der Waals surface area contributed by atoms with Gasteiger partial charge in [0.2, 0.25) is 0 Å².